The minimum Gasteiger partial charge on any atom is -0.419 e. The van der Waals surface area contributed by atoms with Gasteiger partial charge < -0.3 is 13.0 Å². The monoisotopic (exact) mass is 224 g/mol. The van der Waals surface area contributed by atoms with E-state index < -0.39 is 26.9 Å². The highest BCUT2D eigenvalue weighted by molar-refractivity contribution is 6.74. The normalized spacial score (nSPS) is 13.0. The molecule has 0 atom stereocenters. The maximum absolute atomic E-state index is 9.92. The Kier molecular flexibility index (Phi) is 5.54. The van der Waals surface area contributed by atoms with Crippen molar-refractivity contribution in [2.75, 3.05) is 0 Å². The SMILES string of the molecule is CC[Si](O)(O[SiH](C)C)O[SiH](C)C. The van der Waals surface area contributed by atoms with Crippen LogP contribution in [-0.2, 0) is 8.23 Å². The fourth-order valence-electron chi connectivity index (χ4n) is 0.931. The molecule has 12 heavy (non-hydrogen) atoms. The first-order valence-electron chi connectivity index (χ1n) is 4.47. The van der Waals surface area contributed by atoms with Crippen molar-refractivity contribution in [1.29, 1.82) is 0 Å². The van der Waals surface area contributed by atoms with E-state index in [4.69, 9.17) is 8.23 Å². The van der Waals surface area contributed by atoms with E-state index in [2.05, 4.69) is 26.2 Å². The highest BCUT2D eigenvalue weighted by atomic mass is 28.5. The van der Waals surface area contributed by atoms with Crippen LogP contribution in [0.3, 0.4) is 0 Å². The molecule has 0 saturated carbocycles. The Morgan fingerprint density at radius 1 is 1.08 bits per heavy atom. The van der Waals surface area contributed by atoms with Crippen LogP contribution in [0.4, 0.5) is 0 Å². The van der Waals surface area contributed by atoms with Gasteiger partial charge in [0.1, 0.15) is 0 Å². The molecule has 0 saturated heterocycles. The quantitative estimate of drug-likeness (QED) is 0.707. The van der Waals surface area contributed by atoms with Crippen molar-refractivity contribution in [3.05, 3.63) is 0 Å². The molecule has 74 valence electrons. The molecule has 0 spiro atoms. The van der Waals surface area contributed by atoms with Crippen molar-refractivity contribution >= 4 is 26.9 Å². The van der Waals surface area contributed by atoms with E-state index in [9.17, 15) is 4.80 Å². The van der Waals surface area contributed by atoms with Crippen molar-refractivity contribution < 1.29 is 13.0 Å². The van der Waals surface area contributed by atoms with Crippen LogP contribution in [0.1, 0.15) is 6.92 Å². The summed E-state index contributed by atoms with van der Waals surface area (Å²) in [6, 6.07) is 0.642. The van der Waals surface area contributed by atoms with E-state index in [0.29, 0.717) is 6.04 Å². The number of rotatable bonds is 5. The van der Waals surface area contributed by atoms with Gasteiger partial charge in [-0.25, -0.2) is 0 Å². The molecule has 0 fully saturated rings. The molecule has 0 aliphatic carbocycles. The van der Waals surface area contributed by atoms with Gasteiger partial charge in [0.05, 0.1) is 0 Å². The van der Waals surface area contributed by atoms with E-state index >= 15 is 0 Å². The van der Waals surface area contributed by atoms with Gasteiger partial charge >= 0.3 is 8.80 Å². The second kappa shape index (κ2) is 5.30. The zero-order chi connectivity index (χ0) is 9.78. The van der Waals surface area contributed by atoms with Gasteiger partial charge in [-0.05, 0) is 26.2 Å². The summed E-state index contributed by atoms with van der Waals surface area (Å²) in [7, 11) is -5.05. The van der Waals surface area contributed by atoms with E-state index in [0.717, 1.165) is 0 Å². The molecule has 6 heteroatoms. The lowest BCUT2D eigenvalue weighted by molar-refractivity contribution is 0.256. The first-order valence-corrected chi connectivity index (χ1v) is 12.0. The van der Waals surface area contributed by atoms with Crippen LogP contribution < -0.4 is 0 Å². The standard InChI is InChI=1S/C6H20O3Si3/c1-6-12(7,8-10(2)3)9-11(4)5/h7,10-11H,6H2,1-5H3. The van der Waals surface area contributed by atoms with E-state index in [1.54, 1.807) is 0 Å². The third-order valence-corrected chi connectivity index (χ3v) is 8.90. The molecule has 0 aliphatic rings. The smallest absolute Gasteiger partial charge is 0.419 e. The molecular formula is C6H20O3Si3. The Morgan fingerprint density at radius 3 is 1.58 bits per heavy atom. The van der Waals surface area contributed by atoms with Gasteiger partial charge in [-0.2, -0.15) is 0 Å². The molecule has 1 N–H and O–H groups in total. The molecule has 0 aromatic rings. The molecule has 0 heterocycles. The predicted octanol–water partition coefficient (Wildman–Crippen LogP) is 0.937. The molecule has 0 aliphatic heterocycles. The third kappa shape index (κ3) is 5.22. The lowest BCUT2D eigenvalue weighted by Crippen LogP contribution is -2.47. The van der Waals surface area contributed by atoms with Crippen LogP contribution in [0.25, 0.3) is 0 Å². The van der Waals surface area contributed by atoms with Crippen LogP contribution in [-0.4, -0.2) is 31.7 Å². The summed E-state index contributed by atoms with van der Waals surface area (Å²) in [6.07, 6.45) is 0. The topological polar surface area (TPSA) is 38.7 Å². The number of hydrogen-bond acceptors (Lipinski definition) is 3. The highest BCUT2D eigenvalue weighted by Gasteiger charge is 2.35. The second-order valence-electron chi connectivity index (χ2n) is 3.40. The summed E-state index contributed by atoms with van der Waals surface area (Å²) >= 11 is 0. The lowest BCUT2D eigenvalue weighted by Gasteiger charge is -2.27. The average Bonchev–Trinajstić information content (AvgIpc) is 1.83. The molecule has 0 rings (SSSR count). The summed E-state index contributed by atoms with van der Waals surface area (Å²) in [4.78, 5) is 9.92. The van der Waals surface area contributed by atoms with Gasteiger partial charge in [-0.3, -0.25) is 0 Å². The third-order valence-electron chi connectivity index (χ3n) is 1.29. The summed E-state index contributed by atoms with van der Waals surface area (Å²) < 4.78 is 11.1. The Hall–Kier alpha value is 0.531. The molecule has 0 unspecified atom stereocenters. The Labute approximate surface area is 79.5 Å². The zero-order valence-electron chi connectivity index (χ0n) is 8.63. The molecule has 0 aromatic carbocycles. The summed E-state index contributed by atoms with van der Waals surface area (Å²) in [6.45, 7) is 10.1. The summed E-state index contributed by atoms with van der Waals surface area (Å²) in [5.74, 6) is 0. The molecule has 0 bridgehead atoms. The summed E-state index contributed by atoms with van der Waals surface area (Å²) in [5, 5.41) is 0. The number of hydrogen-bond donors (Lipinski definition) is 1. The molecule has 0 radical (unpaired) electrons. The minimum atomic E-state index is -2.73. The first-order chi connectivity index (χ1) is 5.39. The highest BCUT2D eigenvalue weighted by Crippen LogP contribution is 2.12. The second-order valence-corrected chi connectivity index (χ2v) is 11.6. The molecule has 0 aromatic heterocycles. The minimum absolute atomic E-state index is 0.642. The average molecular weight is 224 g/mol. The maximum Gasteiger partial charge on any atom is 0.476 e. The van der Waals surface area contributed by atoms with Crippen molar-refractivity contribution in [3.63, 3.8) is 0 Å². The summed E-state index contributed by atoms with van der Waals surface area (Å²) in [5.41, 5.74) is 0. The van der Waals surface area contributed by atoms with Crippen molar-refractivity contribution in [1.82, 2.24) is 0 Å². The predicted molar refractivity (Wildman–Crippen MR) is 58.4 cm³/mol. The van der Waals surface area contributed by atoms with Gasteiger partial charge in [0.25, 0.3) is 0 Å². The van der Waals surface area contributed by atoms with Crippen LogP contribution in [0.5, 0.6) is 0 Å². The fraction of sp³-hybridized carbons (Fsp3) is 1.00. The zero-order valence-corrected chi connectivity index (χ0v) is 11.9. The van der Waals surface area contributed by atoms with Gasteiger partial charge in [-0.15, -0.1) is 0 Å². The van der Waals surface area contributed by atoms with E-state index in [1.165, 1.54) is 0 Å². The van der Waals surface area contributed by atoms with Crippen LogP contribution in [0.2, 0.25) is 32.2 Å². The van der Waals surface area contributed by atoms with E-state index in [-0.39, 0.29) is 0 Å². The lowest BCUT2D eigenvalue weighted by atomic mass is 11.0. The van der Waals surface area contributed by atoms with Crippen LogP contribution >= 0.6 is 0 Å². The van der Waals surface area contributed by atoms with Crippen molar-refractivity contribution in [2.24, 2.45) is 0 Å². The van der Waals surface area contributed by atoms with Crippen molar-refractivity contribution in [3.8, 4) is 0 Å². The Morgan fingerprint density at radius 2 is 1.42 bits per heavy atom. The maximum atomic E-state index is 9.92. The fourth-order valence-corrected chi connectivity index (χ4v) is 8.88. The Bertz CT molecular complexity index is 119. The molecular weight excluding hydrogens is 204 g/mol. The van der Waals surface area contributed by atoms with Gasteiger partial charge in [-0.1, -0.05) is 6.92 Å². The van der Waals surface area contributed by atoms with Gasteiger partial charge in [0.2, 0.25) is 0 Å². The van der Waals surface area contributed by atoms with Crippen molar-refractivity contribution in [2.45, 2.75) is 39.2 Å². The largest absolute Gasteiger partial charge is 0.476 e. The van der Waals surface area contributed by atoms with E-state index in [1.807, 2.05) is 6.92 Å². The van der Waals surface area contributed by atoms with Gasteiger partial charge in [0, 0.05) is 6.04 Å². The Balaban J connectivity index is 4.04. The first kappa shape index (κ1) is 12.5. The van der Waals surface area contributed by atoms with Crippen LogP contribution in [0, 0.1) is 0 Å². The molecule has 0 amide bonds. The van der Waals surface area contributed by atoms with Crippen LogP contribution in [0.15, 0.2) is 0 Å². The van der Waals surface area contributed by atoms with Gasteiger partial charge in [0.15, 0.2) is 18.1 Å². The molecule has 3 nitrogen and oxygen atoms in total.